The number of carbonyl (C=O) groups is 1. The summed E-state index contributed by atoms with van der Waals surface area (Å²) in [5.41, 5.74) is 0. The molecule has 5 heteroatoms. The van der Waals surface area contributed by atoms with E-state index in [0.29, 0.717) is 26.2 Å². The van der Waals surface area contributed by atoms with Crippen LogP contribution in [0.3, 0.4) is 0 Å². The minimum Gasteiger partial charge on any atom is -0.461 e. The van der Waals surface area contributed by atoms with Crippen LogP contribution in [0.15, 0.2) is 0 Å². The molecular formula is C10H17NO4. The maximum absolute atomic E-state index is 11.6. The first-order valence-corrected chi connectivity index (χ1v) is 5.45. The van der Waals surface area contributed by atoms with Gasteiger partial charge in [-0.25, -0.2) is 0 Å². The van der Waals surface area contributed by atoms with Crippen molar-refractivity contribution in [2.24, 2.45) is 0 Å². The van der Waals surface area contributed by atoms with Gasteiger partial charge in [-0.1, -0.05) is 0 Å². The molecule has 0 saturated carbocycles. The Bertz CT molecular complexity index is 227. The second kappa shape index (κ2) is 4.92. The van der Waals surface area contributed by atoms with E-state index in [-0.39, 0.29) is 18.1 Å². The molecule has 0 bridgehead atoms. The van der Waals surface area contributed by atoms with Crippen molar-refractivity contribution in [1.82, 2.24) is 5.32 Å². The molecule has 5 nitrogen and oxygen atoms in total. The average molecular weight is 215 g/mol. The highest BCUT2D eigenvalue weighted by molar-refractivity contribution is 5.76. The summed E-state index contributed by atoms with van der Waals surface area (Å²) in [5.74, 6) is -0.238. The number of nitrogens with one attached hydrogen (secondary N) is 1. The maximum atomic E-state index is 11.6. The van der Waals surface area contributed by atoms with Crippen molar-refractivity contribution in [2.45, 2.75) is 37.5 Å². The minimum absolute atomic E-state index is 0.00853. The highest BCUT2D eigenvalue weighted by atomic mass is 16.6. The molecule has 2 atom stereocenters. The van der Waals surface area contributed by atoms with Gasteiger partial charge in [0, 0.05) is 25.8 Å². The third kappa shape index (κ3) is 2.90. The van der Waals surface area contributed by atoms with E-state index in [1.54, 1.807) is 0 Å². The van der Waals surface area contributed by atoms with Crippen LogP contribution in [0.4, 0.5) is 0 Å². The number of hydrogen-bond acceptors (Lipinski definition) is 5. The quantitative estimate of drug-likeness (QED) is 0.604. The second-order valence-corrected chi connectivity index (χ2v) is 4.10. The highest BCUT2D eigenvalue weighted by Crippen LogP contribution is 2.14. The number of aliphatic hydroxyl groups is 1. The van der Waals surface area contributed by atoms with Gasteiger partial charge in [-0.3, -0.25) is 4.79 Å². The molecular weight excluding hydrogens is 198 g/mol. The Morgan fingerprint density at radius 3 is 2.73 bits per heavy atom. The molecule has 0 amide bonds. The average Bonchev–Trinajstić information content (AvgIpc) is 2.66. The molecule has 2 fully saturated rings. The smallest absolute Gasteiger partial charge is 0.323 e. The first kappa shape index (κ1) is 10.9. The molecule has 0 radical (unpaired) electrons. The zero-order valence-corrected chi connectivity index (χ0v) is 8.65. The zero-order chi connectivity index (χ0) is 10.7. The fraction of sp³-hybridized carbons (Fsp3) is 0.900. The van der Waals surface area contributed by atoms with Gasteiger partial charge in [-0.2, -0.15) is 0 Å². The lowest BCUT2D eigenvalue weighted by Crippen LogP contribution is -2.36. The minimum atomic E-state index is -0.419. The number of aliphatic hydroxyl groups excluding tert-OH is 1. The molecule has 0 aliphatic carbocycles. The summed E-state index contributed by atoms with van der Waals surface area (Å²) < 4.78 is 10.5. The van der Waals surface area contributed by atoms with Crippen LogP contribution < -0.4 is 5.32 Å². The Balaban J connectivity index is 1.76. The number of rotatable bonds is 2. The molecule has 86 valence electrons. The first-order chi connectivity index (χ1) is 7.25. The second-order valence-electron chi connectivity index (χ2n) is 4.10. The monoisotopic (exact) mass is 215 g/mol. The number of hydrogen-bond donors (Lipinski definition) is 2. The lowest BCUT2D eigenvalue weighted by molar-refractivity contribution is -0.155. The normalized spacial score (nSPS) is 32.9. The number of esters is 1. The Labute approximate surface area is 88.7 Å². The number of ether oxygens (including phenoxy) is 2. The van der Waals surface area contributed by atoms with Gasteiger partial charge in [-0.15, -0.1) is 0 Å². The standard InChI is InChI=1S/C10H17NO4/c12-7-5-9(11-6-7)10(13)15-8-1-3-14-4-2-8/h7-9,11-12H,1-6H2/t7-,9-/m0/s1. The van der Waals surface area contributed by atoms with Crippen LogP contribution in [0, 0.1) is 0 Å². The van der Waals surface area contributed by atoms with Crippen LogP contribution in [-0.2, 0) is 14.3 Å². The van der Waals surface area contributed by atoms with E-state index in [1.165, 1.54) is 0 Å². The lowest BCUT2D eigenvalue weighted by Gasteiger charge is -2.23. The summed E-state index contributed by atoms with van der Waals surface area (Å²) in [6, 6.07) is -0.331. The molecule has 0 aromatic carbocycles. The van der Waals surface area contributed by atoms with Crippen LogP contribution in [0.1, 0.15) is 19.3 Å². The first-order valence-electron chi connectivity index (χ1n) is 5.45. The van der Waals surface area contributed by atoms with Crippen molar-refractivity contribution >= 4 is 5.97 Å². The Kier molecular flexibility index (Phi) is 3.56. The van der Waals surface area contributed by atoms with Gasteiger partial charge >= 0.3 is 5.97 Å². The highest BCUT2D eigenvalue weighted by Gasteiger charge is 2.31. The molecule has 2 rings (SSSR count). The van der Waals surface area contributed by atoms with Gasteiger partial charge in [0.05, 0.1) is 19.3 Å². The predicted molar refractivity (Wildman–Crippen MR) is 52.3 cm³/mol. The van der Waals surface area contributed by atoms with Crippen LogP contribution in [0.2, 0.25) is 0 Å². The van der Waals surface area contributed by atoms with Crippen molar-refractivity contribution in [3.05, 3.63) is 0 Å². The van der Waals surface area contributed by atoms with Crippen LogP contribution in [-0.4, -0.2) is 49.1 Å². The van der Waals surface area contributed by atoms with Crippen molar-refractivity contribution in [2.75, 3.05) is 19.8 Å². The van der Waals surface area contributed by atoms with E-state index in [0.717, 1.165) is 12.8 Å². The zero-order valence-electron chi connectivity index (χ0n) is 8.65. The van der Waals surface area contributed by atoms with Crippen molar-refractivity contribution < 1.29 is 19.4 Å². The molecule has 0 aromatic rings. The molecule has 2 aliphatic rings. The Morgan fingerprint density at radius 1 is 1.40 bits per heavy atom. The van der Waals surface area contributed by atoms with E-state index >= 15 is 0 Å². The molecule has 2 N–H and O–H groups in total. The van der Waals surface area contributed by atoms with Crippen LogP contribution in [0.5, 0.6) is 0 Å². The molecule has 0 unspecified atom stereocenters. The predicted octanol–water partition coefficient (Wildman–Crippen LogP) is -0.569. The van der Waals surface area contributed by atoms with Gasteiger partial charge in [-0.05, 0) is 0 Å². The largest absolute Gasteiger partial charge is 0.461 e. The summed E-state index contributed by atoms with van der Waals surface area (Å²) in [6.45, 7) is 1.81. The third-order valence-corrected chi connectivity index (χ3v) is 2.84. The fourth-order valence-electron chi connectivity index (χ4n) is 1.94. The van der Waals surface area contributed by atoms with Gasteiger partial charge in [0.2, 0.25) is 0 Å². The van der Waals surface area contributed by atoms with Crippen LogP contribution in [0.25, 0.3) is 0 Å². The molecule has 2 heterocycles. The molecule has 0 aromatic heterocycles. The summed E-state index contributed by atoms with van der Waals surface area (Å²) in [5, 5.41) is 12.2. The Hall–Kier alpha value is -0.650. The molecule has 2 aliphatic heterocycles. The molecule has 0 spiro atoms. The molecule has 2 saturated heterocycles. The van der Waals surface area contributed by atoms with E-state index in [2.05, 4.69) is 5.32 Å². The summed E-state index contributed by atoms with van der Waals surface area (Å²) in [4.78, 5) is 11.6. The van der Waals surface area contributed by atoms with Crippen molar-refractivity contribution in [1.29, 1.82) is 0 Å². The number of β-amino-alcohol motifs (C(OH)–C–C–N with tert-alkyl or cyclic N) is 1. The summed E-state index contributed by atoms with van der Waals surface area (Å²) >= 11 is 0. The van der Waals surface area contributed by atoms with Crippen molar-refractivity contribution in [3.8, 4) is 0 Å². The number of carbonyl (C=O) groups excluding carboxylic acids is 1. The van der Waals surface area contributed by atoms with E-state index in [9.17, 15) is 9.90 Å². The van der Waals surface area contributed by atoms with Crippen LogP contribution >= 0.6 is 0 Å². The fourth-order valence-corrected chi connectivity index (χ4v) is 1.94. The summed E-state index contributed by atoms with van der Waals surface area (Å²) in [7, 11) is 0. The SMILES string of the molecule is O=C(OC1CCOCC1)[C@@H]1C[C@H](O)CN1. The van der Waals surface area contributed by atoms with Gasteiger partial charge < -0.3 is 19.9 Å². The molecule has 15 heavy (non-hydrogen) atoms. The summed E-state index contributed by atoms with van der Waals surface area (Å²) in [6.07, 6.45) is 1.59. The van der Waals surface area contributed by atoms with Gasteiger partial charge in [0.15, 0.2) is 0 Å². The Morgan fingerprint density at radius 2 is 2.13 bits per heavy atom. The van der Waals surface area contributed by atoms with Gasteiger partial charge in [0.1, 0.15) is 12.1 Å². The van der Waals surface area contributed by atoms with Gasteiger partial charge in [0.25, 0.3) is 0 Å². The maximum Gasteiger partial charge on any atom is 0.323 e. The van der Waals surface area contributed by atoms with E-state index < -0.39 is 6.10 Å². The van der Waals surface area contributed by atoms with E-state index in [1.807, 2.05) is 0 Å². The van der Waals surface area contributed by atoms with E-state index in [4.69, 9.17) is 9.47 Å². The third-order valence-electron chi connectivity index (χ3n) is 2.84. The lowest BCUT2D eigenvalue weighted by atomic mass is 10.1. The topological polar surface area (TPSA) is 67.8 Å². The van der Waals surface area contributed by atoms with Crippen molar-refractivity contribution in [3.63, 3.8) is 0 Å².